The number of halogens is 2. The largest absolute Gasteiger partial charge is 0.384 e. The van der Waals surface area contributed by atoms with Gasteiger partial charge in [0.15, 0.2) is 0 Å². The second-order valence-electron chi connectivity index (χ2n) is 2.20. The minimum atomic E-state index is -0.574. The first kappa shape index (κ1) is 10.9. The number of rotatable bonds is 2. The van der Waals surface area contributed by atoms with Crippen LogP contribution in [-0.2, 0) is 6.67 Å². The number of nitrogen functional groups attached to an aromatic ring is 1. The molecular formula is C8H10ClFN2. The highest BCUT2D eigenvalue weighted by Crippen LogP contribution is 2.08. The zero-order valence-electron chi connectivity index (χ0n) is 6.38. The molecule has 0 spiro atoms. The van der Waals surface area contributed by atoms with Crippen molar-refractivity contribution in [2.24, 2.45) is 5.73 Å². The highest BCUT2D eigenvalue weighted by Gasteiger charge is 2.01. The van der Waals surface area contributed by atoms with Crippen molar-refractivity contribution in [3.05, 3.63) is 35.4 Å². The number of hydrogen-bond donors (Lipinski definition) is 2. The molecule has 0 aromatic heterocycles. The van der Waals surface area contributed by atoms with Crippen molar-refractivity contribution in [2.75, 3.05) is 0 Å². The SMILES string of the molecule is Cl.N=C(N)c1ccccc1CF. The van der Waals surface area contributed by atoms with Crippen LogP contribution in [0.1, 0.15) is 11.1 Å². The second kappa shape index (κ2) is 4.72. The van der Waals surface area contributed by atoms with E-state index >= 15 is 0 Å². The molecule has 0 radical (unpaired) electrons. The summed E-state index contributed by atoms with van der Waals surface area (Å²) in [6.07, 6.45) is 0. The molecule has 0 heterocycles. The maximum atomic E-state index is 12.2. The van der Waals surface area contributed by atoms with Crippen molar-refractivity contribution in [2.45, 2.75) is 6.67 Å². The van der Waals surface area contributed by atoms with Crippen molar-refractivity contribution in [3.63, 3.8) is 0 Å². The molecule has 0 saturated carbocycles. The Bertz CT molecular complexity index is 276. The Morgan fingerprint density at radius 2 is 2.00 bits per heavy atom. The summed E-state index contributed by atoms with van der Waals surface area (Å²) >= 11 is 0. The molecule has 1 rings (SSSR count). The van der Waals surface area contributed by atoms with Crippen LogP contribution < -0.4 is 5.73 Å². The Kier molecular flexibility index (Phi) is 4.29. The highest BCUT2D eigenvalue weighted by molar-refractivity contribution is 5.96. The molecule has 0 bridgehead atoms. The Balaban J connectivity index is 0.00000121. The molecule has 0 saturated heterocycles. The van der Waals surface area contributed by atoms with Crippen molar-refractivity contribution in [1.29, 1.82) is 5.41 Å². The van der Waals surface area contributed by atoms with E-state index in [4.69, 9.17) is 11.1 Å². The van der Waals surface area contributed by atoms with Gasteiger partial charge in [-0.2, -0.15) is 0 Å². The molecule has 0 fully saturated rings. The zero-order chi connectivity index (χ0) is 8.27. The number of nitrogens with one attached hydrogen (secondary N) is 1. The first-order chi connectivity index (χ1) is 5.25. The maximum Gasteiger partial charge on any atom is 0.123 e. The number of hydrogen-bond acceptors (Lipinski definition) is 1. The number of alkyl halides is 1. The second-order valence-corrected chi connectivity index (χ2v) is 2.20. The zero-order valence-corrected chi connectivity index (χ0v) is 7.20. The van der Waals surface area contributed by atoms with Gasteiger partial charge in [0.1, 0.15) is 12.5 Å². The summed E-state index contributed by atoms with van der Waals surface area (Å²) < 4.78 is 12.2. The van der Waals surface area contributed by atoms with Crippen molar-refractivity contribution in [3.8, 4) is 0 Å². The minimum absolute atomic E-state index is 0. The molecule has 66 valence electrons. The predicted molar refractivity (Wildman–Crippen MR) is 49.5 cm³/mol. The minimum Gasteiger partial charge on any atom is -0.384 e. The lowest BCUT2D eigenvalue weighted by atomic mass is 10.1. The third-order valence-corrected chi connectivity index (χ3v) is 1.45. The number of benzene rings is 1. The Labute approximate surface area is 76.5 Å². The van der Waals surface area contributed by atoms with Crippen LogP contribution in [0.25, 0.3) is 0 Å². The van der Waals surface area contributed by atoms with Crippen LogP contribution in [0.3, 0.4) is 0 Å². The summed E-state index contributed by atoms with van der Waals surface area (Å²) in [6.45, 7) is -0.574. The number of nitrogens with two attached hydrogens (primary N) is 1. The smallest absolute Gasteiger partial charge is 0.123 e. The van der Waals surface area contributed by atoms with E-state index in [1.165, 1.54) is 0 Å². The van der Waals surface area contributed by atoms with Crippen LogP contribution in [0.15, 0.2) is 24.3 Å². The first-order valence-electron chi connectivity index (χ1n) is 3.24. The van der Waals surface area contributed by atoms with Gasteiger partial charge in [0.25, 0.3) is 0 Å². The molecule has 1 aromatic rings. The van der Waals surface area contributed by atoms with E-state index in [0.29, 0.717) is 11.1 Å². The Morgan fingerprint density at radius 3 is 2.42 bits per heavy atom. The summed E-state index contributed by atoms with van der Waals surface area (Å²) in [6, 6.07) is 6.71. The van der Waals surface area contributed by atoms with Gasteiger partial charge in [-0.05, 0) is 5.56 Å². The van der Waals surface area contributed by atoms with E-state index in [0.717, 1.165) is 0 Å². The van der Waals surface area contributed by atoms with Gasteiger partial charge in [0.2, 0.25) is 0 Å². The van der Waals surface area contributed by atoms with Crippen molar-refractivity contribution in [1.82, 2.24) is 0 Å². The number of amidine groups is 1. The molecular weight excluding hydrogens is 179 g/mol. The lowest BCUT2D eigenvalue weighted by molar-refractivity contribution is 0.485. The van der Waals surface area contributed by atoms with Crippen molar-refractivity contribution >= 4 is 18.2 Å². The molecule has 0 aliphatic heterocycles. The highest BCUT2D eigenvalue weighted by atomic mass is 35.5. The van der Waals surface area contributed by atoms with Gasteiger partial charge >= 0.3 is 0 Å². The van der Waals surface area contributed by atoms with Crippen LogP contribution in [0.5, 0.6) is 0 Å². The standard InChI is InChI=1S/C8H9FN2.ClH/c9-5-6-3-1-2-4-7(6)8(10)11;/h1-4H,5H2,(H3,10,11);1H. The van der Waals surface area contributed by atoms with Crippen LogP contribution in [0.2, 0.25) is 0 Å². The molecule has 0 unspecified atom stereocenters. The van der Waals surface area contributed by atoms with Gasteiger partial charge in [-0.15, -0.1) is 12.4 Å². The van der Waals surface area contributed by atoms with Gasteiger partial charge in [-0.3, -0.25) is 5.41 Å². The lowest BCUT2D eigenvalue weighted by Gasteiger charge is -2.02. The van der Waals surface area contributed by atoms with Gasteiger partial charge in [-0.1, -0.05) is 24.3 Å². The molecule has 0 amide bonds. The quantitative estimate of drug-likeness (QED) is 0.540. The third kappa shape index (κ3) is 2.20. The van der Waals surface area contributed by atoms with Gasteiger partial charge in [0, 0.05) is 5.56 Å². The van der Waals surface area contributed by atoms with Crippen molar-refractivity contribution < 1.29 is 4.39 Å². The van der Waals surface area contributed by atoms with E-state index in [1.807, 2.05) is 0 Å². The Morgan fingerprint density at radius 1 is 1.42 bits per heavy atom. The van der Waals surface area contributed by atoms with E-state index in [9.17, 15) is 4.39 Å². The fraction of sp³-hybridized carbons (Fsp3) is 0.125. The van der Waals surface area contributed by atoms with E-state index < -0.39 is 6.67 Å². The van der Waals surface area contributed by atoms with Crippen LogP contribution >= 0.6 is 12.4 Å². The topological polar surface area (TPSA) is 49.9 Å². The predicted octanol–water partition coefficient (Wildman–Crippen LogP) is 1.86. The van der Waals surface area contributed by atoms with Gasteiger partial charge in [0.05, 0.1) is 0 Å². The summed E-state index contributed by atoms with van der Waals surface area (Å²) in [4.78, 5) is 0. The molecule has 1 aromatic carbocycles. The Hall–Kier alpha value is -1.09. The summed E-state index contributed by atoms with van der Waals surface area (Å²) in [5.74, 6) is -0.0850. The molecule has 4 heteroatoms. The van der Waals surface area contributed by atoms with E-state index in [1.54, 1.807) is 24.3 Å². The summed E-state index contributed by atoms with van der Waals surface area (Å²) in [7, 11) is 0. The molecule has 3 N–H and O–H groups in total. The van der Waals surface area contributed by atoms with Crippen LogP contribution in [-0.4, -0.2) is 5.84 Å². The van der Waals surface area contributed by atoms with Gasteiger partial charge < -0.3 is 5.73 Å². The van der Waals surface area contributed by atoms with Crippen LogP contribution in [0.4, 0.5) is 4.39 Å². The average Bonchev–Trinajstić information content (AvgIpc) is 2.04. The first-order valence-corrected chi connectivity index (χ1v) is 3.24. The van der Waals surface area contributed by atoms with Gasteiger partial charge in [-0.25, -0.2) is 4.39 Å². The third-order valence-electron chi connectivity index (χ3n) is 1.45. The summed E-state index contributed by atoms with van der Waals surface area (Å²) in [5.41, 5.74) is 6.16. The molecule has 0 aliphatic carbocycles. The maximum absolute atomic E-state index is 12.2. The molecule has 2 nitrogen and oxygen atoms in total. The molecule has 0 aliphatic rings. The average molecular weight is 189 g/mol. The van der Waals surface area contributed by atoms with E-state index in [-0.39, 0.29) is 18.2 Å². The lowest BCUT2D eigenvalue weighted by Crippen LogP contribution is -2.13. The fourth-order valence-electron chi connectivity index (χ4n) is 0.900. The molecule has 0 atom stereocenters. The summed E-state index contributed by atoms with van der Waals surface area (Å²) in [5, 5.41) is 7.09. The fourth-order valence-corrected chi connectivity index (χ4v) is 0.900. The molecule has 12 heavy (non-hydrogen) atoms. The van der Waals surface area contributed by atoms with E-state index in [2.05, 4.69) is 0 Å². The normalized spacial score (nSPS) is 8.75. The van der Waals surface area contributed by atoms with Crippen LogP contribution in [0, 0.1) is 5.41 Å². The monoisotopic (exact) mass is 188 g/mol.